The third-order valence-electron chi connectivity index (χ3n) is 3.65. The monoisotopic (exact) mass is 472 g/mol. The van der Waals surface area contributed by atoms with Gasteiger partial charge in [0.05, 0.1) is 6.04 Å². The van der Waals surface area contributed by atoms with Crippen LogP contribution in [-0.2, 0) is 4.74 Å². The van der Waals surface area contributed by atoms with Gasteiger partial charge in [0.25, 0.3) is 0 Å². The van der Waals surface area contributed by atoms with Crippen molar-refractivity contribution in [2.45, 2.75) is 57.4 Å². The summed E-state index contributed by atoms with van der Waals surface area (Å²) < 4.78 is 5.47. The summed E-state index contributed by atoms with van der Waals surface area (Å²) in [7, 11) is 1.79. The first-order valence-electron chi connectivity index (χ1n) is 8.06. The van der Waals surface area contributed by atoms with E-state index in [0.717, 1.165) is 32.0 Å². The lowest BCUT2D eigenvalue weighted by atomic mass is 10.2. The molecule has 1 atom stereocenters. The number of ether oxygens (including phenoxy) is 1. The highest BCUT2D eigenvalue weighted by Crippen LogP contribution is 2.20. The van der Waals surface area contributed by atoms with Crippen molar-refractivity contribution >= 4 is 47.8 Å². The Bertz CT molecular complexity index is 438. The molecule has 8 heteroatoms. The minimum atomic E-state index is -0.469. The number of alkyl carbamates (subject to hydrolysis) is 1. The van der Waals surface area contributed by atoms with Crippen LogP contribution in [0.1, 0.15) is 41.0 Å². The highest BCUT2D eigenvalue weighted by Gasteiger charge is 2.28. The number of likely N-dealkylation sites (tertiary alicyclic amines) is 1. The first kappa shape index (κ1) is 23.6. The van der Waals surface area contributed by atoms with E-state index in [-0.39, 0.29) is 40.9 Å². The van der Waals surface area contributed by atoms with Crippen LogP contribution in [0.25, 0.3) is 0 Å². The number of hydrogen-bond acceptors (Lipinski definition) is 4. The molecule has 1 heterocycles. The summed E-state index contributed by atoms with van der Waals surface area (Å²) in [5, 5.41) is 6.36. The van der Waals surface area contributed by atoms with Gasteiger partial charge in [0, 0.05) is 31.4 Å². The largest absolute Gasteiger partial charge is 0.444 e. The van der Waals surface area contributed by atoms with Crippen LogP contribution >= 0.6 is 35.7 Å². The Morgan fingerprint density at radius 3 is 2.46 bits per heavy atom. The molecule has 0 saturated carbocycles. The van der Waals surface area contributed by atoms with E-state index in [0.29, 0.717) is 0 Å². The molecule has 1 fully saturated rings. The number of carbonyl (C=O) groups excluding carboxylic acids is 1. The molecule has 6 nitrogen and oxygen atoms in total. The number of halogens is 1. The molecule has 1 aliphatic heterocycles. The minimum absolute atomic E-state index is 0. The molecule has 142 valence electrons. The van der Waals surface area contributed by atoms with Crippen molar-refractivity contribution < 1.29 is 9.53 Å². The van der Waals surface area contributed by atoms with E-state index >= 15 is 0 Å². The zero-order valence-electron chi connectivity index (χ0n) is 15.9. The summed E-state index contributed by atoms with van der Waals surface area (Å²) in [6.07, 6.45) is 2.66. The molecule has 1 unspecified atom stereocenters. The molecule has 0 bridgehead atoms. The smallest absolute Gasteiger partial charge is 0.407 e. The van der Waals surface area contributed by atoms with E-state index in [1.807, 2.05) is 32.5 Å². The Morgan fingerprint density at radius 1 is 1.33 bits per heavy atom. The van der Waals surface area contributed by atoms with E-state index in [4.69, 9.17) is 4.74 Å². The first-order chi connectivity index (χ1) is 10.6. The van der Waals surface area contributed by atoms with Crippen LogP contribution in [0.2, 0.25) is 0 Å². The molecule has 0 aromatic carbocycles. The van der Waals surface area contributed by atoms with Gasteiger partial charge in [-0.3, -0.25) is 4.99 Å². The van der Waals surface area contributed by atoms with Crippen LogP contribution in [0, 0.1) is 0 Å². The second-order valence-corrected chi connectivity index (χ2v) is 8.96. The molecule has 0 aromatic heterocycles. The zero-order valence-corrected chi connectivity index (χ0v) is 19.1. The molecule has 0 aliphatic carbocycles. The van der Waals surface area contributed by atoms with Crippen molar-refractivity contribution in [2.24, 2.45) is 4.99 Å². The fourth-order valence-electron chi connectivity index (χ4n) is 2.24. The number of amides is 1. The maximum absolute atomic E-state index is 11.9. The third kappa shape index (κ3) is 8.64. The lowest BCUT2D eigenvalue weighted by molar-refractivity contribution is 0.0507. The highest BCUT2D eigenvalue weighted by molar-refractivity contribution is 14.0. The number of guanidine groups is 1. The Morgan fingerprint density at radius 2 is 1.96 bits per heavy atom. The van der Waals surface area contributed by atoms with Crippen LogP contribution in [0.3, 0.4) is 0 Å². The Kier molecular flexibility index (Phi) is 9.78. The van der Waals surface area contributed by atoms with Gasteiger partial charge in [-0.25, -0.2) is 4.79 Å². The Balaban J connectivity index is 0.00000529. The first-order valence-corrected chi connectivity index (χ1v) is 9.29. The average molecular weight is 472 g/mol. The summed E-state index contributed by atoms with van der Waals surface area (Å²) in [6, 6.07) is 0.0944. The van der Waals surface area contributed by atoms with Gasteiger partial charge in [-0.05, 0) is 47.3 Å². The number of rotatable bonds is 4. The van der Waals surface area contributed by atoms with Crippen molar-refractivity contribution in [1.82, 2.24) is 15.5 Å². The van der Waals surface area contributed by atoms with Crippen molar-refractivity contribution in [2.75, 3.05) is 32.9 Å². The van der Waals surface area contributed by atoms with Gasteiger partial charge < -0.3 is 20.3 Å². The SMILES string of the molecule is CN=C(NCC(C)(C)SC)N1CCC(NC(=O)OC(C)(C)C)C1.I. The number of nitrogens with zero attached hydrogens (tertiary/aromatic N) is 2. The molecule has 0 aromatic rings. The number of thioether (sulfide) groups is 1. The van der Waals surface area contributed by atoms with Gasteiger partial charge in [-0.2, -0.15) is 11.8 Å². The van der Waals surface area contributed by atoms with E-state index in [1.54, 1.807) is 7.05 Å². The molecule has 0 radical (unpaired) electrons. The lowest BCUT2D eigenvalue weighted by Gasteiger charge is -2.27. The fraction of sp³-hybridized carbons (Fsp3) is 0.875. The van der Waals surface area contributed by atoms with Gasteiger partial charge in [0.15, 0.2) is 5.96 Å². The second kappa shape index (κ2) is 9.94. The quantitative estimate of drug-likeness (QED) is 0.374. The number of hydrogen-bond donors (Lipinski definition) is 2. The van der Waals surface area contributed by atoms with Crippen molar-refractivity contribution in [3.8, 4) is 0 Å². The summed E-state index contributed by atoms with van der Waals surface area (Å²) in [4.78, 5) is 18.4. The fourth-order valence-corrected chi connectivity index (χ4v) is 2.46. The van der Waals surface area contributed by atoms with Gasteiger partial charge >= 0.3 is 6.09 Å². The maximum Gasteiger partial charge on any atom is 0.407 e. The minimum Gasteiger partial charge on any atom is -0.444 e. The predicted molar refractivity (Wildman–Crippen MR) is 114 cm³/mol. The molecule has 1 aliphatic rings. The molecule has 1 rings (SSSR count). The number of carbonyl (C=O) groups is 1. The molecule has 2 N–H and O–H groups in total. The van der Waals surface area contributed by atoms with Gasteiger partial charge in [-0.15, -0.1) is 24.0 Å². The summed E-state index contributed by atoms with van der Waals surface area (Å²) in [6.45, 7) is 12.5. The second-order valence-electron chi connectivity index (χ2n) is 7.44. The molecule has 0 spiro atoms. The van der Waals surface area contributed by atoms with Crippen molar-refractivity contribution in [3.05, 3.63) is 0 Å². The van der Waals surface area contributed by atoms with Crippen LogP contribution in [-0.4, -0.2) is 66.3 Å². The highest BCUT2D eigenvalue weighted by atomic mass is 127. The molecule has 24 heavy (non-hydrogen) atoms. The standard InChI is InChI=1S/C16H32N4O2S.HI/c1-15(2,3)22-14(21)19-12-8-9-20(10-12)13(17-6)18-11-16(4,5)23-7;/h12H,8-11H2,1-7H3,(H,17,18)(H,19,21);1H. The summed E-state index contributed by atoms with van der Waals surface area (Å²) in [5.74, 6) is 0.889. The summed E-state index contributed by atoms with van der Waals surface area (Å²) in [5.41, 5.74) is -0.469. The van der Waals surface area contributed by atoms with Crippen LogP contribution < -0.4 is 10.6 Å². The predicted octanol–water partition coefficient (Wildman–Crippen LogP) is 2.92. The number of aliphatic imine (C=N–C) groups is 1. The van der Waals surface area contributed by atoms with Gasteiger partial charge in [-0.1, -0.05) is 0 Å². The Labute approximate surface area is 168 Å². The van der Waals surface area contributed by atoms with E-state index in [2.05, 4.69) is 40.6 Å². The Hall–Kier alpha value is -0.380. The molecule has 1 amide bonds. The molecule has 1 saturated heterocycles. The number of nitrogens with one attached hydrogen (secondary N) is 2. The van der Waals surface area contributed by atoms with Crippen LogP contribution in [0.4, 0.5) is 4.79 Å². The average Bonchev–Trinajstić information content (AvgIpc) is 2.85. The lowest BCUT2D eigenvalue weighted by Crippen LogP contribution is -2.46. The topological polar surface area (TPSA) is 66.0 Å². The van der Waals surface area contributed by atoms with Gasteiger partial charge in [0.2, 0.25) is 0 Å². The molecular weight excluding hydrogens is 439 g/mol. The molecular formula is C16H33IN4O2S. The van der Waals surface area contributed by atoms with Crippen LogP contribution in [0.15, 0.2) is 4.99 Å². The maximum atomic E-state index is 11.9. The van der Waals surface area contributed by atoms with Crippen molar-refractivity contribution in [3.63, 3.8) is 0 Å². The third-order valence-corrected chi connectivity index (χ3v) is 4.89. The summed E-state index contributed by atoms with van der Waals surface area (Å²) >= 11 is 1.83. The normalized spacial score (nSPS) is 18.9. The van der Waals surface area contributed by atoms with E-state index in [9.17, 15) is 4.79 Å². The van der Waals surface area contributed by atoms with E-state index in [1.165, 1.54) is 0 Å². The zero-order chi connectivity index (χ0) is 17.7. The van der Waals surface area contributed by atoms with Crippen molar-refractivity contribution in [1.29, 1.82) is 0 Å². The van der Waals surface area contributed by atoms with Crippen LogP contribution in [0.5, 0.6) is 0 Å². The van der Waals surface area contributed by atoms with Gasteiger partial charge in [0.1, 0.15) is 5.60 Å². The van der Waals surface area contributed by atoms with E-state index < -0.39 is 5.60 Å².